The largest absolute Gasteiger partial charge is 0.464 e. The van der Waals surface area contributed by atoms with Gasteiger partial charge in [-0.05, 0) is 37.0 Å². The second-order valence-corrected chi connectivity index (χ2v) is 5.91. The molecular formula is C16H20FNO3. The number of cyclic esters (lactones) is 1. The summed E-state index contributed by atoms with van der Waals surface area (Å²) in [4.78, 5) is 23.6. The molecule has 0 aliphatic carbocycles. The van der Waals surface area contributed by atoms with Gasteiger partial charge in [0, 0.05) is 12.8 Å². The minimum Gasteiger partial charge on any atom is -0.464 e. The molecule has 0 bridgehead atoms. The van der Waals surface area contributed by atoms with E-state index < -0.39 is 5.54 Å². The Bertz CT molecular complexity index is 546. The van der Waals surface area contributed by atoms with Crippen molar-refractivity contribution in [3.63, 3.8) is 0 Å². The Hall–Kier alpha value is -1.91. The van der Waals surface area contributed by atoms with Crippen LogP contribution >= 0.6 is 0 Å². The fourth-order valence-corrected chi connectivity index (χ4v) is 2.54. The van der Waals surface area contributed by atoms with Gasteiger partial charge < -0.3 is 10.1 Å². The van der Waals surface area contributed by atoms with E-state index in [0.717, 1.165) is 5.56 Å². The maximum absolute atomic E-state index is 13.1. The maximum Gasteiger partial charge on any atom is 0.331 e. The van der Waals surface area contributed by atoms with Gasteiger partial charge in [-0.15, -0.1) is 0 Å². The Kier molecular flexibility index (Phi) is 4.60. The van der Waals surface area contributed by atoms with Crippen LogP contribution in [0.2, 0.25) is 0 Å². The number of benzene rings is 1. The highest BCUT2D eigenvalue weighted by molar-refractivity contribution is 5.88. The van der Waals surface area contributed by atoms with Crippen molar-refractivity contribution in [2.45, 2.75) is 38.6 Å². The minimum absolute atomic E-state index is 0.0628. The third-order valence-corrected chi connectivity index (χ3v) is 3.71. The van der Waals surface area contributed by atoms with Crippen molar-refractivity contribution in [2.24, 2.45) is 5.92 Å². The van der Waals surface area contributed by atoms with Gasteiger partial charge in [-0.1, -0.05) is 19.1 Å². The van der Waals surface area contributed by atoms with Gasteiger partial charge in [-0.3, -0.25) is 4.79 Å². The number of carbonyl (C=O) groups excluding carboxylic acids is 2. The molecule has 2 rings (SSSR count). The lowest BCUT2D eigenvalue weighted by molar-refractivity contribution is -0.145. The van der Waals surface area contributed by atoms with Crippen LogP contribution in [0.15, 0.2) is 24.3 Å². The van der Waals surface area contributed by atoms with Crippen molar-refractivity contribution >= 4 is 11.9 Å². The van der Waals surface area contributed by atoms with E-state index in [9.17, 15) is 14.0 Å². The van der Waals surface area contributed by atoms with Gasteiger partial charge >= 0.3 is 5.97 Å². The van der Waals surface area contributed by atoms with Gasteiger partial charge in [-0.25, -0.2) is 9.18 Å². The molecule has 1 aliphatic rings. The molecule has 1 aromatic carbocycles. The Morgan fingerprint density at radius 3 is 2.90 bits per heavy atom. The number of nitrogens with one attached hydrogen (secondary N) is 1. The van der Waals surface area contributed by atoms with Gasteiger partial charge in [0.05, 0.1) is 6.61 Å². The molecule has 1 saturated heterocycles. The Morgan fingerprint density at radius 2 is 2.29 bits per heavy atom. The van der Waals surface area contributed by atoms with Crippen LogP contribution in [0.4, 0.5) is 4.39 Å². The van der Waals surface area contributed by atoms with E-state index in [1.165, 1.54) is 12.1 Å². The molecule has 4 nitrogen and oxygen atoms in total. The molecule has 5 heteroatoms. The third-order valence-electron chi connectivity index (χ3n) is 3.71. The van der Waals surface area contributed by atoms with Crippen LogP contribution in [-0.2, 0) is 20.7 Å². The van der Waals surface area contributed by atoms with E-state index in [4.69, 9.17) is 4.74 Å². The van der Waals surface area contributed by atoms with Gasteiger partial charge in [0.1, 0.15) is 11.4 Å². The summed E-state index contributed by atoms with van der Waals surface area (Å²) in [5.41, 5.74) is -0.0443. The van der Waals surface area contributed by atoms with Crippen molar-refractivity contribution in [3.05, 3.63) is 35.6 Å². The summed E-state index contributed by atoms with van der Waals surface area (Å²) in [6, 6.07) is 6.37. The molecule has 1 amide bonds. The normalized spacial score (nSPS) is 22.7. The summed E-state index contributed by atoms with van der Waals surface area (Å²) in [7, 11) is 0. The molecular weight excluding hydrogens is 273 g/mol. The van der Waals surface area contributed by atoms with Crippen molar-refractivity contribution in [1.82, 2.24) is 5.32 Å². The summed E-state index contributed by atoms with van der Waals surface area (Å²) in [5, 5.41) is 2.75. The predicted octanol–water partition coefficient (Wildman–Crippen LogP) is 2.22. The summed E-state index contributed by atoms with van der Waals surface area (Å²) >= 11 is 0. The Labute approximate surface area is 123 Å². The first-order valence-electron chi connectivity index (χ1n) is 7.12. The van der Waals surface area contributed by atoms with E-state index in [2.05, 4.69) is 5.32 Å². The molecule has 114 valence electrons. The summed E-state index contributed by atoms with van der Waals surface area (Å²) in [6.45, 7) is 3.95. The van der Waals surface area contributed by atoms with Crippen LogP contribution in [-0.4, -0.2) is 24.0 Å². The van der Waals surface area contributed by atoms with Crippen molar-refractivity contribution in [3.8, 4) is 0 Å². The topological polar surface area (TPSA) is 55.4 Å². The van der Waals surface area contributed by atoms with E-state index in [0.29, 0.717) is 25.9 Å². The van der Waals surface area contributed by atoms with Gasteiger partial charge in [0.2, 0.25) is 5.91 Å². The van der Waals surface area contributed by atoms with Crippen LogP contribution in [0, 0.1) is 11.7 Å². The molecule has 21 heavy (non-hydrogen) atoms. The average Bonchev–Trinajstić information content (AvgIpc) is 2.68. The first-order chi connectivity index (χ1) is 9.89. The molecule has 0 saturated carbocycles. The van der Waals surface area contributed by atoms with Crippen LogP contribution < -0.4 is 5.32 Å². The molecule has 2 unspecified atom stereocenters. The second kappa shape index (κ2) is 6.24. The Morgan fingerprint density at radius 1 is 1.52 bits per heavy atom. The zero-order valence-corrected chi connectivity index (χ0v) is 12.3. The first-order valence-corrected chi connectivity index (χ1v) is 7.12. The van der Waals surface area contributed by atoms with Crippen molar-refractivity contribution in [2.75, 3.05) is 6.61 Å². The van der Waals surface area contributed by atoms with Crippen LogP contribution in [0.1, 0.15) is 32.3 Å². The van der Waals surface area contributed by atoms with Gasteiger partial charge in [0.25, 0.3) is 0 Å². The number of hydrogen-bond donors (Lipinski definition) is 1. The molecule has 1 N–H and O–H groups in total. The standard InChI is InChI=1S/C16H20FNO3/c1-11(8-12-4-3-5-13(17)10-12)9-14(19)18-16(2)6-7-21-15(16)20/h3-5,10-11H,6-9H2,1-2H3,(H,18,19). The number of esters is 1. The van der Waals surface area contributed by atoms with E-state index >= 15 is 0 Å². The maximum atomic E-state index is 13.1. The molecule has 1 aliphatic heterocycles. The van der Waals surface area contributed by atoms with E-state index in [-0.39, 0.29) is 23.6 Å². The molecule has 1 heterocycles. The van der Waals surface area contributed by atoms with Crippen molar-refractivity contribution in [1.29, 1.82) is 0 Å². The molecule has 2 atom stereocenters. The first kappa shape index (κ1) is 15.5. The monoisotopic (exact) mass is 293 g/mol. The number of carbonyl (C=O) groups is 2. The average molecular weight is 293 g/mol. The second-order valence-electron chi connectivity index (χ2n) is 5.91. The number of amides is 1. The molecule has 1 aromatic rings. The van der Waals surface area contributed by atoms with Crippen LogP contribution in [0.25, 0.3) is 0 Å². The Balaban J connectivity index is 1.86. The lowest BCUT2D eigenvalue weighted by Crippen LogP contribution is -2.49. The van der Waals surface area contributed by atoms with E-state index in [1.54, 1.807) is 13.0 Å². The number of hydrogen-bond acceptors (Lipinski definition) is 3. The third kappa shape index (κ3) is 4.03. The summed E-state index contributed by atoms with van der Waals surface area (Å²) in [5.74, 6) is -0.771. The lowest BCUT2D eigenvalue weighted by Gasteiger charge is -2.22. The summed E-state index contributed by atoms with van der Waals surface area (Å²) in [6.07, 6.45) is 1.40. The lowest BCUT2D eigenvalue weighted by atomic mass is 9.96. The minimum atomic E-state index is -0.907. The quantitative estimate of drug-likeness (QED) is 0.847. The number of rotatable bonds is 5. The van der Waals surface area contributed by atoms with Gasteiger partial charge in [0.15, 0.2) is 0 Å². The summed E-state index contributed by atoms with van der Waals surface area (Å²) < 4.78 is 18.0. The highest BCUT2D eigenvalue weighted by Crippen LogP contribution is 2.20. The molecule has 0 radical (unpaired) electrons. The zero-order chi connectivity index (χ0) is 15.5. The fourth-order valence-electron chi connectivity index (χ4n) is 2.54. The van der Waals surface area contributed by atoms with E-state index in [1.807, 2.05) is 13.0 Å². The molecule has 0 aromatic heterocycles. The SMILES string of the molecule is CC(CC(=O)NC1(C)CCOC1=O)Cc1cccc(F)c1. The zero-order valence-electron chi connectivity index (χ0n) is 12.3. The van der Waals surface area contributed by atoms with Crippen LogP contribution in [0.5, 0.6) is 0 Å². The molecule has 1 fully saturated rings. The highest BCUT2D eigenvalue weighted by Gasteiger charge is 2.41. The number of halogens is 1. The smallest absolute Gasteiger partial charge is 0.331 e. The number of ether oxygens (including phenoxy) is 1. The van der Waals surface area contributed by atoms with Gasteiger partial charge in [-0.2, -0.15) is 0 Å². The van der Waals surface area contributed by atoms with Crippen LogP contribution in [0.3, 0.4) is 0 Å². The fraction of sp³-hybridized carbons (Fsp3) is 0.500. The predicted molar refractivity (Wildman–Crippen MR) is 76.0 cm³/mol. The highest BCUT2D eigenvalue weighted by atomic mass is 19.1. The van der Waals surface area contributed by atoms with Crippen molar-refractivity contribution < 1.29 is 18.7 Å². The molecule has 0 spiro atoms.